The molecule has 1 atom stereocenters. The topological polar surface area (TPSA) is 69.7 Å². The Morgan fingerprint density at radius 1 is 1.00 bits per heavy atom. The van der Waals surface area contributed by atoms with E-state index in [4.69, 9.17) is 0 Å². The van der Waals surface area contributed by atoms with Gasteiger partial charge in [-0.3, -0.25) is 14.5 Å². The molecule has 1 fully saturated rings. The number of rotatable bonds is 4. The summed E-state index contributed by atoms with van der Waals surface area (Å²) in [5, 5.41) is 2.52. The number of para-hydroxylation sites is 1. The van der Waals surface area contributed by atoms with Crippen molar-refractivity contribution in [3.8, 4) is 0 Å². The highest BCUT2D eigenvalue weighted by molar-refractivity contribution is 6.27. The van der Waals surface area contributed by atoms with Crippen LogP contribution in [-0.2, 0) is 21.7 Å². The van der Waals surface area contributed by atoms with Gasteiger partial charge in [-0.25, -0.2) is 13.6 Å². The van der Waals surface area contributed by atoms with Crippen LogP contribution in [-0.4, -0.2) is 29.3 Å². The van der Waals surface area contributed by atoms with Crippen molar-refractivity contribution in [2.24, 2.45) is 0 Å². The van der Waals surface area contributed by atoms with Crippen LogP contribution in [0.4, 0.5) is 19.3 Å². The van der Waals surface area contributed by atoms with Crippen LogP contribution < -0.4 is 10.2 Å². The van der Waals surface area contributed by atoms with Crippen molar-refractivity contribution in [3.63, 3.8) is 0 Å². The van der Waals surface area contributed by atoms with Crippen LogP contribution in [0.2, 0.25) is 0 Å². The van der Waals surface area contributed by atoms with Crippen molar-refractivity contribution in [2.75, 3.05) is 11.4 Å². The van der Waals surface area contributed by atoms with Gasteiger partial charge in [0.05, 0.1) is 12.2 Å². The van der Waals surface area contributed by atoms with Gasteiger partial charge in [-0.15, -0.1) is 6.58 Å². The second-order valence-electron chi connectivity index (χ2n) is 6.54. The first-order valence-electron chi connectivity index (χ1n) is 8.50. The molecule has 2 heterocycles. The van der Waals surface area contributed by atoms with E-state index in [0.717, 1.165) is 17.0 Å². The van der Waals surface area contributed by atoms with Crippen molar-refractivity contribution >= 4 is 23.5 Å². The normalized spacial score (nSPS) is 20.7. The van der Waals surface area contributed by atoms with Gasteiger partial charge in [0.2, 0.25) is 5.54 Å². The molecule has 1 spiro atoms. The number of anilines is 1. The molecule has 2 aliphatic rings. The van der Waals surface area contributed by atoms with Gasteiger partial charge in [0.15, 0.2) is 11.6 Å². The van der Waals surface area contributed by atoms with Gasteiger partial charge in [0, 0.05) is 12.1 Å². The molecule has 1 N–H and O–H groups in total. The minimum atomic E-state index is -1.87. The number of halogens is 2. The summed E-state index contributed by atoms with van der Waals surface area (Å²) in [6.07, 6.45) is 1.39. The SMILES string of the molecule is C=CCN1C(=O)NC2(C1=O)C(=O)N(Cc1ccc(F)c(F)c1)c1ccccc12. The molecular formula is C20H15F2N3O3. The number of fused-ring (bicyclic) bond motifs is 2. The summed E-state index contributed by atoms with van der Waals surface area (Å²) >= 11 is 0. The Labute approximate surface area is 159 Å². The van der Waals surface area contributed by atoms with Crippen LogP contribution in [0.5, 0.6) is 0 Å². The zero-order valence-corrected chi connectivity index (χ0v) is 14.6. The molecule has 6 nitrogen and oxygen atoms in total. The fourth-order valence-electron chi connectivity index (χ4n) is 3.63. The van der Waals surface area contributed by atoms with Crippen LogP contribution in [0.25, 0.3) is 0 Å². The summed E-state index contributed by atoms with van der Waals surface area (Å²) in [4.78, 5) is 40.9. The number of imide groups is 1. The highest BCUT2D eigenvalue weighted by Crippen LogP contribution is 2.44. The molecular weight excluding hydrogens is 368 g/mol. The third-order valence-corrected chi connectivity index (χ3v) is 4.91. The summed E-state index contributed by atoms with van der Waals surface area (Å²) < 4.78 is 26.8. The van der Waals surface area contributed by atoms with E-state index in [1.807, 2.05) is 0 Å². The first kappa shape index (κ1) is 17.8. The number of hydrogen-bond donors (Lipinski definition) is 1. The largest absolute Gasteiger partial charge is 0.326 e. The average Bonchev–Trinajstić information content (AvgIpc) is 3.07. The molecule has 0 saturated carbocycles. The van der Waals surface area contributed by atoms with Gasteiger partial charge < -0.3 is 10.2 Å². The second kappa shape index (κ2) is 6.26. The van der Waals surface area contributed by atoms with Crippen molar-refractivity contribution in [1.29, 1.82) is 0 Å². The minimum Gasteiger partial charge on any atom is -0.311 e. The second-order valence-corrected chi connectivity index (χ2v) is 6.54. The van der Waals surface area contributed by atoms with E-state index in [2.05, 4.69) is 11.9 Å². The molecule has 8 heteroatoms. The fraction of sp³-hybridized carbons (Fsp3) is 0.150. The highest BCUT2D eigenvalue weighted by Gasteiger charge is 2.63. The van der Waals surface area contributed by atoms with Crippen LogP contribution in [0.1, 0.15) is 11.1 Å². The van der Waals surface area contributed by atoms with Crippen LogP contribution in [0.15, 0.2) is 55.1 Å². The van der Waals surface area contributed by atoms with E-state index in [1.165, 1.54) is 17.0 Å². The van der Waals surface area contributed by atoms with Crippen molar-refractivity contribution in [1.82, 2.24) is 10.2 Å². The minimum absolute atomic E-state index is 0.0367. The monoisotopic (exact) mass is 383 g/mol. The van der Waals surface area contributed by atoms with E-state index in [-0.39, 0.29) is 13.1 Å². The molecule has 28 heavy (non-hydrogen) atoms. The number of hydrogen-bond acceptors (Lipinski definition) is 3. The first-order valence-corrected chi connectivity index (χ1v) is 8.50. The number of benzene rings is 2. The lowest BCUT2D eigenvalue weighted by molar-refractivity contribution is -0.138. The van der Waals surface area contributed by atoms with E-state index >= 15 is 0 Å². The Hall–Kier alpha value is -3.55. The summed E-state index contributed by atoms with van der Waals surface area (Å²) in [6, 6.07) is 9.21. The van der Waals surface area contributed by atoms with E-state index < -0.39 is 35.0 Å². The van der Waals surface area contributed by atoms with E-state index in [0.29, 0.717) is 16.8 Å². The Kier molecular flexibility index (Phi) is 3.99. The fourth-order valence-corrected chi connectivity index (χ4v) is 3.63. The smallest absolute Gasteiger partial charge is 0.311 e. The standard InChI is InChI=1S/C20H15F2N3O3/c1-2-9-24-17(26)20(23-19(24)28)13-5-3-4-6-16(13)25(18(20)27)11-12-7-8-14(21)15(22)10-12/h2-8,10H,1,9,11H2,(H,23,28). The Balaban J connectivity index is 1.79. The zero-order valence-electron chi connectivity index (χ0n) is 14.6. The number of carbonyl (C=O) groups is 3. The lowest BCUT2D eigenvalue weighted by Crippen LogP contribution is -2.52. The first-order chi connectivity index (χ1) is 13.4. The van der Waals surface area contributed by atoms with E-state index in [1.54, 1.807) is 24.3 Å². The summed E-state index contributed by atoms with van der Waals surface area (Å²) in [7, 11) is 0. The average molecular weight is 383 g/mol. The maximum absolute atomic E-state index is 13.6. The maximum atomic E-state index is 13.6. The Bertz CT molecular complexity index is 1040. The number of amides is 4. The molecule has 1 saturated heterocycles. The molecule has 2 aromatic carbocycles. The van der Waals surface area contributed by atoms with Crippen molar-refractivity contribution in [2.45, 2.75) is 12.1 Å². The number of carbonyl (C=O) groups excluding carboxylic acids is 3. The van der Waals surface area contributed by atoms with Gasteiger partial charge in [-0.05, 0) is 23.8 Å². The predicted molar refractivity (Wildman–Crippen MR) is 96.1 cm³/mol. The van der Waals surface area contributed by atoms with E-state index in [9.17, 15) is 23.2 Å². The number of nitrogens with one attached hydrogen (secondary N) is 1. The molecule has 1 unspecified atom stereocenters. The summed E-state index contributed by atoms with van der Waals surface area (Å²) in [5.41, 5.74) is -0.757. The van der Waals surface area contributed by atoms with Crippen LogP contribution in [0.3, 0.4) is 0 Å². The number of urea groups is 1. The van der Waals surface area contributed by atoms with Crippen LogP contribution >= 0.6 is 0 Å². The van der Waals surface area contributed by atoms with Gasteiger partial charge >= 0.3 is 6.03 Å². The van der Waals surface area contributed by atoms with Crippen molar-refractivity contribution < 1.29 is 23.2 Å². The third kappa shape index (κ3) is 2.34. The molecule has 0 radical (unpaired) electrons. The highest BCUT2D eigenvalue weighted by atomic mass is 19.2. The molecule has 142 valence electrons. The molecule has 4 rings (SSSR count). The molecule has 4 amide bonds. The molecule has 0 aromatic heterocycles. The van der Waals surface area contributed by atoms with Gasteiger partial charge in [0.1, 0.15) is 0 Å². The maximum Gasteiger partial charge on any atom is 0.326 e. The molecule has 2 aromatic rings. The summed E-state index contributed by atoms with van der Waals surface area (Å²) in [6.45, 7) is 3.40. The quantitative estimate of drug-likeness (QED) is 0.501. The Morgan fingerprint density at radius 2 is 1.71 bits per heavy atom. The molecule has 0 aliphatic carbocycles. The van der Waals surface area contributed by atoms with Gasteiger partial charge in [0.25, 0.3) is 11.8 Å². The zero-order chi connectivity index (χ0) is 20.1. The summed E-state index contributed by atoms with van der Waals surface area (Å²) in [5.74, 6) is -3.37. The Morgan fingerprint density at radius 3 is 2.43 bits per heavy atom. The lowest BCUT2D eigenvalue weighted by Gasteiger charge is -2.22. The molecule has 0 bridgehead atoms. The molecule has 2 aliphatic heterocycles. The lowest BCUT2D eigenvalue weighted by atomic mass is 9.91. The number of nitrogens with zero attached hydrogens (tertiary/aromatic N) is 2. The van der Waals surface area contributed by atoms with Gasteiger partial charge in [-0.1, -0.05) is 30.3 Å². The van der Waals surface area contributed by atoms with Gasteiger partial charge in [-0.2, -0.15) is 0 Å². The van der Waals surface area contributed by atoms with Crippen molar-refractivity contribution in [3.05, 3.63) is 77.9 Å². The van der Waals surface area contributed by atoms with Crippen LogP contribution in [0, 0.1) is 11.6 Å². The third-order valence-electron chi connectivity index (χ3n) is 4.91. The predicted octanol–water partition coefficient (Wildman–Crippen LogP) is 2.44.